The molecule has 0 N–H and O–H groups in total. The molecule has 3 saturated carbocycles. The molecule has 0 aromatic carbocycles. The predicted octanol–water partition coefficient (Wildman–Crippen LogP) is 3.75. The average molecular weight is 286 g/mol. The maximum absolute atomic E-state index is 12.8. The van der Waals surface area contributed by atoms with Crippen molar-refractivity contribution in [2.75, 3.05) is 0 Å². The van der Waals surface area contributed by atoms with Crippen LogP contribution in [0.25, 0.3) is 0 Å². The van der Waals surface area contributed by atoms with Crippen molar-refractivity contribution in [3.63, 3.8) is 0 Å². The quantitative estimate of drug-likeness (QED) is 0.635. The Bertz CT molecular complexity index is 538. The summed E-state index contributed by atoms with van der Waals surface area (Å²) in [6.07, 6.45) is 12.6. The van der Waals surface area contributed by atoms with Crippen molar-refractivity contribution in [1.29, 1.82) is 0 Å². The van der Waals surface area contributed by atoms with Crippen molar-refractivity contribution >= 4 is 5.78 Å². The fraction of sp³-hybridized carbons (Fsp3) is 0.842. The Labute approximate surface area is 127 Å². The van der Waals surface area contributed by atoms with Gasteiger partial charge in [-0.1, -0.05) is 26.3 Å². The number of ether oxygens (including phenoxy) is 1. The van der Waals surface area contributed by atoms with Gasteiger partial charge in [-0.25, -0.2) is 0 Å². The van der Waals surface area contributed by atoms with Crippen LogP contribution in [0.2, 0.25) is 0 Å². The molecule has 2 nitrogen and oxygen atoms in total. The maximum atomic E-state index is 12.8. The lowest BCUT2D eigenvalue weighted by atomic mass is 9.46. The summed E-state index contributed by atoms with van der Waals surface area (Å²) in [5.41, 5.74) is 0.398. The van der Waals surface area contributed by atoms with Crippen LogP contribution in [0.1, 0.15) is 52.4 Å². The van der Waals surface area contributed by atoms with Crippen LogP contribution in [-0.2, 0) is 9.53 Å². The third-order valence-electron chi connectivity index (χ3n) is 8.18. The van der Waals surface area contributed by atoms with Gasteiger partial charge >= 0.3 is 0 Å². The molecule has 0 aromatic heterocycles. The first-order valence-corrected chi connectivity index (χ1v) is 8.92. The Kier molecular flexibility index (Phi) is 2.34. The second kappa shape index (κ2) is 3.82. The lowest BCUT2D eigenvalue weighted by Crippen LogP contribution is -2.57. The van der Waals surface area contributed by atoms with Crippen LogP contribution in [0.5, 0.6) is 0 Å². The van der Waals surface area contributed by atoms with Gasteiger partial charge in [-0.2, -0.15) is 0 Å². The molecule has 1 saturated heterocycles. The minimum Gasteiger partial charge on any atom is -0.369 e. The van der Waals surface area contributed by atoms with E-state index in [9.17, 15) is 4.79 Å². The summed E-state index contributed by atoms with van der Waals surface area (Å²) in [5, 5.41) is 0. The van der Waals surface area contributed by atoms with Gasteiger partial charge in [-0.15, -0.1) is 0 Å². The molecule has 4 fully saturated rings. The summed E-state index contributed by atoms with van der Waals surface area (Å²) in [5.74, 6) is 2.88. The van der Waals surface area contributed by atoms with E-state index in [0.717, 1.165) is 12.3 Å². The minimum absolute atomic E-state index is 0.138. The zero-order valence-corrected chi connectivity index (χ0v) is 13.2. The zero-order valence-electron chi connectivity index (χ0n) is 13.2. The molecule has 1 heterocycles. The SMILES string of the molecule is CC12CCCC1C1C3OC3C3CC=CC(=O)C3(C)C1CC2. The molecule has 2 heteroatoms. The van der Waals surface area contributed by atoms with E-state index in [1.807, 2.05) is 6.08 Å². The number of hydrogen-bond donors (Lipinski definition) is 0. The summed E-state index contributed by atoms with van der Waals surface area (Å²) in [7, 11) is 0. The Morgan fingerprint density at radius 3 is 2.81 bits per heavy atom. The molecule has 5 aliphatic rings. The van der Waals surface area contributed by atoms with Gasteiger partial charge in [-0.3, -0.25) is 4.79 Å². The van der Waals surface area contributed by atoms with Crippen molar-refractivity contribution in [1.82, 2.24) is 0 Å². The number of rotatable bonds is 0. The summed E-state index contributed by atoms with van der Waals surface area (Å²) < 4.78 is 6.20. The fourth-order valence-corrected chi connectivity index (χ4v) is 6.97. The molecular weight excluding hydrogens is 260 g/mol. The van der Waals surface area contributed by atoms with Gasteiger partial charge in [0.05, 0.1) is 12.2 Å². The monoisotopic (exact) mass is 286 g/mol. The lowest BCUT2D eigenvalue weighted by Gasteiger charge is -2.56. The number of allylic oxidation sites excluding steroid dienone is 2. The normalized spacial score (nSPS) is 60.8. The van der Waals surface area contributed by atoms with Gasteiger partial charge in [0.1, 0.15) is 0 Å². The second-order valence-corrected chi connectivity index (χ2v) is 8.83. The first kappa shape index (κ1) is 12.9. The van der Waals surface area contributed by atoms with E-state index in [4.69, 9.17) is 4.74 Å². The predicted molar refractivity (Wildman–Crippen MR) is 80.7 cm³/mol. The van der Waals surface area contributed by atoms with Crippen LogP contribution in [0.15, 0.2) is 12.2 Å². The van der Waals surface area contributed by atoms with Gasteiger partial charge in [0.25, 0.3) is 0 Å². The van der Waals surface area contributed by atoms with Crippen LogP contribution in [-0.4, -0.2) is 18.0 Å². The molecule has 0 radical (unpaired) electrons. The van der Waals surface area contributed by atoms with Crippen LogP contribution in [0.4, 0.5) is 0 Å². The molecule has 1 aliphatic heterocycles. The number of fused-ring (bicyclic) bond motifs is 8. The molecule has 0 amide bonds. The molecule has 0 spiro atoms. The van der Waals surface area contributed by atoms with Crippen LogP contribution >= 0.6 is 0 Å². The van der Waals surface area contributed by atoms with Crippen LogP contribution in [0, 0.1) is 34.5 Å². The Morgan fingerprint density at radius 1 is 1.10 bits per heavy atom. The highest BCUT2D eigenvalue weighted by molar-refractivity contribution is 5.96. The highest BCUT2D eigenvalue weighted by atomic mass is 16.6. The van der Waals surface area contributed by atoms with E-state index in [2.05, 4.69) is 19.9 Å². The van der Waals surface area contributed by atoms with Crippen molar-refractivity contribution in [2.45, 2.75) is 64.6 Å². The summed E-state index contributed by atoms with van der Waals surface area (Å²) >= 11 is 0. The third-order valence-corrected chi connectivity index (χ3v) is 8.18. The smallest absolute Gasteiger partial charge is 0.161 e. The summed E-state index contributed by atoms with van der Waals surface area (Å²) in [6.45, 7) is 4.78. The van der Waals surface area contributed by atoms with Crippen molar-refractivity contribution in [3.8, 4) is 0 Å². The van der Waals surface area contributed by atoms with Gasteiger partial charge in [-0.05, 0) is 61.3 Å². The average Bonchev–Trinajstić information content (AvgIpc) is 3.14. The zero-order chi connectivity index (χ0) is 14.4. The number of carbonyl (C=O) groups is 1. The van der Waals surface area contributed by atoms with Gasteiger partial charge < -0.3 is 4.74 Å². The molecule has 0 bridgehead atoms. The molecule has 8 atom stereocenters. The maximum Gasteiger partial charge on any atom is 0.161 e. The van der Waals surface area contributed by atoms with Crippen molar-refractivity contribution in [2.24, 2.45) is 34.5 Å². The first-order valence-electron chi connectivity index (χ1n) is 8.92. The number of carbonyl (C=O) groups excluding carboxylic acids is 1. The second-order valence-electron chi connectivity index (χ2n) is 8.83. The highest BCUT2D eigenvalue weighted by Gasteiger charge is 2.70. The lowest BCUT2D eigenvalue weighted by molar-refractivity contribution is -0.141. The van der Waals surface area contributed by atoms with Crippen LogP contribution in [0.3, 0.4) is 0 Å². The van der Waals surface area contributed by atoms with Crippen molar-refractivity contribution < 1.29 is 9.53 Å². The van der Waals surface area contributed by atoms with Gasteiger partial charge in [0, 0.05) is 11.3 Å². The number of ketones is 1. The molecule has 4 aliphatic carbocycles. The summed E-state index contributed by atoms with van der Waals surface area (Å²) in [6, 6.07) is 0. The molecular formula is C19H26O2. The van der Waals surface area contributed by atoms with E-state index in [-0.39, 0.29) is 5.41 Å². The van der Waals surface area contributed by atoms with E-state index in [1.54, 1.807) is 0 Å². The number of hydrogen-bond acceptors (Lipinski definition) is 2. The summed E-state index contributed by atoms with van der Waals surface area (Å²) in [4.78, 5) is 12.8. The molecule has 5 rings (SSSR count). The fourth-order valence-electron chi connectivity index (χ4n) is 6.97. The molecule has 114 valence electrons. The minimum atomic E-state index is -0.138. The topological polar surface area (TPSA) is 29.6 Å². The molecule has 0 aromatic rings. The molecule has 8 unspecified atom stereocenters. The van der Waals surface area contributed by atoms with Crippen molar-refractivity contribution in [3.05, 3.63) is 12.2 Å². The largest absolute Gasteiger partial charge is 0.369 e. The molecule has 21 heavy (non-hydrogen) atoms. The Morgan fingerprint density at radius 2 is 1.95 bits per heavy atom. The van der Waals surface area contributed by atoms with E-state index >= 15 is 0 Å². The number of epoxide rings is 1. The van der Waals surface area contributed by atoms with Crippen LogP contribution < -0.4 is 0 Å². The highest BCUT2D eigenvalue weighted by Crippen LogP contribution is 2.68. The van der Waals surface area contributed by atoms with Gasteiger partial charge in [0.2, 0.25) is 0 Å². The van der Waals surface area contributed by atoms with E-state index in [0.29, 0.717) is 41.2 Å². The third kappa shape index (κ3) is 1.41. The van der Waals surface area contributed by atoms with E-state index in [1.165, 1.54) is 32.1 Å². The van der Waals surface area contributed by atoms with Gasteiger partial charge in [0.15, 0.2) is 5.78 Å². The Balaban J connectivity index is 1.60. The Hall–Kier alpha value is -0.630. The first-order chi connectivity index (χ1) is 10.1. The van der Waals surface area contributed by atoms with E-state index < -0.39 is 0 Å². The standard InChI is InChI=1S/C19H26O2/c1-18-9-4-6-11(18)15-12(8-10-18)19(2)13(16-17(15)21-16)5-3-7-14(19)20/h3,7,11-13,15-17H,4-6,8-10H2,1-2H3.